The number of ether oxygens (including phenoxy) is 2. The summed E-state index contributed by atoms with van der Waals surface area (Å²) in [5, 5.41) is 12.2. The van der Waals surface area contributed by atoms with Crippen LogP contribution in [0.2, 0.25) is 0 Å². The average Bonchev–Trinajstić information content (AvgIpc) is 3.24. The van der Waals surface area contributed by atoms with Crippen molar-refractivity contribution >= 4 is 11.9 Å². The van der Waals surface area contributed by atoms with Gasteiger partial charge in [0.15, 0.2) is 11.5 Å². The number of hydrogen-bond acceptors (Lipinski definition) is 4. The summed E-state index contributed by atoms with van der Waals surface area (Å²) in [5.41, 5.74) is 1.33. The van der Waals surface area contributed by atoms with Gasteiger partial charge in [-0.15, -0.1) is 0 Å². The minimum Gasteiger partial charge on any atom is -0.493 e. The quantitative estimate of drug-likeness (QED) is 0.674. The van der Waals surface area contributed by atoms with Gasteiger partial charge in [-0.2, -0.15) is 0 Å². The number of carboxylic acids is 1. The molecule has 0 spiro atoms. The van der Waals surface area contributed by atoms with Gasteiger partial charge in [0.2, 0.25) is 0 Å². The Morgan fingerprint density at radius 3 is 2.48 bits per heavy atom. The van der Waals surface area contributed by atoms with Gasteiger partial charge in [-0.3, -0.25) is 9.59 Å². The summed E-state index contributed by atoms with van der Waals surface area (Å²) in [4.78, 5) is 24.1. The number of methoxy groups -OCH3 is 1. The molecule has 2 aromatic carbocycles. The summed E-state index contributed by atoms with van der Waals surface area (Å²) < 4.78 is 11.4. The van der Waals surface area contributed by atoms with Crippen molar-refractivity contribution in [3.8, 4) is 11.5 Å². The van der Waals surface area contributed by atoms with E-state index in [-0.39, 0.29) is 18.6 Å². The van der Waals surface area contributed by atoms with Crippen LogP contribution in [0.1, 0.15) is 41.6 Å². The molecule has 0 aliphatic heterocycles. The highest BCUT2D eigenvalue weighted by molar-refractivity contribution is 5.95. The Morgan fingerprint density at radius 2 is 1.83 bits per heavy atom. The minimum absolute atomic E-state index is 0.0473. The smallest absolute Gasteiger partial charge is 0.308 e. The molecule has 2 aromatic rings. The van der Waals surface area contributed by atoms with Crippen LogP contribution in [-0.2, 0) is 11.2 Å². The Morgan fingerprint density at radius 1 is 1.10 bits per heavy atom. The van der Waals surface area contributed by atoms with E-state index in [0.29, 0.717) is 23.5 Å². The van der Waals surface area contributed by atoms with Crippen LogP contribution in [0.3, 0.4) is 0 Å². The van der Waals surface area contributed by atoms with Crippen LogP contribution in [0.15, 0.2) is 48.5 Å². The predicted octanol–water partition coefficient (Wildman–Crippen LogP) is 3.69. The van der Waals surface area contributed by atoms with Gasteiger partial charge < -0.3 is 19.9 Å². The third-order valence-electron chi connectivity index (χ3n) is 5.20. The molecular formula is C23H27NO5. The van der Waals surface area contributed by atoms with Gasteiger partial charge in [0.05, 0.1) is 19.1 Å². The van der Waals surface area contributed by atoms with Crippen LogP contribution < -0.4 is 14.8 Å². The molecule has 1 amide bonds. The lowest BCUT2D eigenvalue weighted by Gasteiger charge is -2.17. The van der Waals surface area contributed by atoms with Crippen molar-refractivity contribution < 1.29 is 24.2 Å². The summed E-state index contributed by atoms with van der Waals surface area (Å²) in [5.74, 6) is -0.845. The van der Waals surface area contributed by atoms with Gasteiger partial charge in [-0.1, -0.05) is 30.3 Å². The van der Waals surface area contributed by atoms with Crippen LogP contribution >= 0.6 is 0 Å². The molecule has 1 atom stereocenters. The predicted molar refractivity (Wildman–Crippen MR) is 109 cm³/mol. The molecule has 6 nitrogen and oxygen atoms in total. The summed E-state index contributed by atoms with van der Waals surface area (Å²) in [6, 6.07) is 14.4. The fraction of sp³-hybridized carbons (Fsp3) is 0.391. The van der Waals surface area contributed by atoms with E-state index in [4.69, 9.17) is 9.47 Å². The van der Waals surface area contributed by atoms with E-state index < -0.39 is 11.9 Å². The van der Waals surface area contributed by atoms with E-state index in [0.717, 1.165) is 18.4 Å². The van der Waals surface area contributed by atoms with E-state index in [1.165, 1.54) is 12.8 Å². The molecule has 0 aromatic heterocycles. The SMILES string of the molecule is COc1cc(C(=O)NCC(Cc2ccccc2)C(=O)O)ccc1OC1CCCC1. The molecule has 0 radical (unpaired) electrons. The largest absolute Gasteiger partial charge is 0.493 e. The van der Waals surface area contributed by atoms with Crippen LogP contribution in [0.25, 0.3) is 0 Å². The Labute approximate surface area is 170 Å². The minimum atomic E-state index is -0.938. The van der Waals surface area contributed by atoms with E-state index >= 15 is 0 Å². The molecule has 1 fully saturated rings. The van der Waals surface area contributed by atoms with Gasteiger partial charge >= 0.3 is 5.97 Å². The monoisotopic (exact) mass is 397 g/mol. The van der Waals surface area contributed by atoms with Crippen molar-refractivity contribution in [3.05, 3.63) is 59.7 Å². The molecule has 29 heavy (non-hydrogen) atoms. The number of carbonyl (C=O) groups is 2. The third kappa shape index (κ3) is 5.73. The number of carbonyl (C=O) groups excluding carboxylic acids is 1. The number of amides is 1. The Hall–Kier alpha value is -3.02. The van der Waals surface area contributed by atoms with E-state index in [9.17, 15) is 14.7 Å². The first-order chi connectivity index (χ1) is 14.1. The highest BCUT2D eigenvalue weighted by Crippen LogP contribution is 2.32. The number of nitrogens with one attached hydrogen (secondary N) is 1. The van der Waals surface area contributed by atoms with E-state index in [1.54, 1.807) is 25.3 Å². The summed E-state index contributed by atoms with van der Waals surface area (Å²) in [6.07, 6.45) is 4.95. The maximum atomic E-state index is 12.5. The first-order valence-corrected chi connectivity index (χ1v) is 9.96. The van der Waals surface area contributed by atoms with Crippen molar-refractivity contribution in [3.63, 3.8) is 0 Å². The molecule has 3 rings (SSSR count). The van der Waals surface area contributed by atoms with E-state index in [1.807, 2.05) is 30.3 Å². The fourth-order valence-electron chi connectivity index (χ4n) is 3.56. The second-order valence-corrected chi connectivity index (χ2v) is 7.32. The number of aliphatic carboxylic acids is 1. The Kier molecular flexibility index (Phi) is 7.11. The molecule has 0 bridgehead atoms. The van der Waals surface area contributed by atoms with Crippen LogP contribution in [0.5, 0.6) is 11.5 Å². The normalized spacial score (nSPS) is 14.9. The first-order valence-electron chi connectivity index (χ1n) is 9.96. The number of benzene rings is 2. The number of hydrogen-bond donors (Lipinski definition) is 2. The topological polar surface area (TPSA) is 84.9 Å². The number of rotatable bonds is 9. The maximum absolute atomic E-state index is 12.5. The van der Waals surface area contributed by atoms with Gasteiger partial charge in [0, 0.05) is 12.1 Å². The molecule has 0 heterocycles. The standard InChI is InChI=1S/C23H27NO5/c1-28-21-14-17(11-12-20(21)29-19-9-5-6-10-19)22(25)24-15-18(23(26)27)13-16-7-3-2-4-8-16/h2-4,7-8,11-12,14,18-19H,5-6,9-10,13,15H2,1H3,(H,24,25)(H,26,27). The van der Waals surface area contributed by atoms with Crippen molar-refractivity contribution in [2.45, 2.75) is 38.2 Å². The zero-order chi connectivity index (χ0) is 20.6. The molecule has 154 valence electrons. The average molecular weight is 397 g/mol. The van der Waals surface area contributed by atoms with Crippen LogP contribution in [-0.4, -0.2) is 36.7 Å². The van der Waals surface area contributed by atoms with Crippen molar-refractivity contribution in [2.75, 3.05) is 13.7 Å². The second kappa shape index (κ2) is 9.96. The highest BCUT2D eigenvalue weighted by atomic mass is 16.5. The molecule has 1 saturated carbocycles. The molecule has 1 aliphatic rings. The lowest BCUT2D eigenvalue weighted by atomic mass is 9.99. The van der Waals surface area contributed by atoms with Gasteiger partial charge in [-0.25, -0.2) is 0 Å². The van der Waals surface area contributed by atoms with E-state index in [2.05, 4.69) is 5.32 Å². The van der Waals surface area contributed by atoms with Crippen molar-refractivity contribution in [1.29, 1.82) is 0 Å². The molecular weight excluding hydrogens is 370 g/mol. The molecule has 1 unspecified atom stereocenters. The molecule has 2 N–H and O–H groups in total. The van der Waals surface area contributed by atoms with Gasteiger partial charge in [-0.05, 0) is 55.9 Å². The lowest BCUT2D eigenvalue weighted by molar-refractivity contribution is -0.141. The zero-order valence-electron chi connectivity index (χ0n) is 16.6. The zero-order valence-corrected chi connectivity index (χ0v) is 16.6. The van der Waals surface area contributed by atoms with Crippen molar-refractivity contribution in [2.24, 2.45) is 5.92 Å². The summed E-state index contributed by atoms with van der Waals surface area (Å²) in [7, 11) is 1.54. The lowest BCUT2D eigenvalue weighted by Crippen LogP contribution is -2.34. The Bertz CT molecular complexity index is 830. The van der Waals surface area contributed by atoms with Gasteiger partial charge in [0.1, 0.15) is 0 Å². The first kappa shape index (κ1) is 20.7. The molecule has 1 aliphatic carbocycles. The summed E-state index contributed by atoms with van der Waals surface area (Å²) in [6.45, 7) is 0.0473. The van der Waals surface area contributed by atoms with Crippen LogP contribution in [0.4, 0.5) is 0 Å². The second-order valence-electron chi connectivity index (χ2n) is 7.32. The fourth-order valence-corrected chi connectivity index (χ4v) is 3.56. The highest BCUT2D eigenvalue weighted by Gasteiger charge is 2.21. The maximum Gasteiger partial charge on any atom is 0.308 e. The molecule has 6 heteroatoms. The van der Waals surface area contributed by atoms with Gasteiger partial charge in [0.25, 0.3) is 5.91 Å². The third-order valence-corrected chi connectivity index (χ3v) is 5.20. The summed E-state index contributed by atoms with van der Waals surface area (Å²) >= 11 is 0. The van der Waals surface area contributed by atoms with Crippen molar-refractivity contribution in [1.82, 2.24) is 5.32 Å². The Balaban J connectivity index is 1.62. The van der Waals surface area contributed by atoms with Crippen LogP contribution in [0, 0.1) is 5.92 Å². The molecule has 0 saturated heterocycles. The number of carboxylic acid groups (broad SMARTS) is 1.